The Kier molecular flexibility index (Phi) is 6.34. The second-order valence-electron chi connectivity index (χ2n) is 9.91. The van der Waals surface area contributed by atoms with E-state index in [-0.39, 0.29) is 11.8 Å². The molecule has 2 bridgehead atoms. The van der Waals surface area contributed by atoms with Gasteiger partial charge < -0.3 is 19.1 Å². The summed E-state index contributed by atoms with van der Waals surface area (Å²) in [7, 11) is 3.26. The molecule has 6 heteroatoms. The average Bonchev–Trinajstić information content (AvgIpc) is 2.91. The molecule has 3 saturated heterocycles. The number of benzene rings is 2. The van der Waals surface area contributed by atoms with Gasteiger partial charge in [-0.05, 0) is 60.0 Å². The summed E-state index contributed by atoms with van der Waals surface area (Å²) >= 11 is 0. The molecule has 0 radical (unpaired) electrons. The molecule has 182 valence electrons. The minimum Gasteiger partial charge on any atom is -0.497 e. The summed E-state index contributed by atoms with van der Waals surface area (Å²) in [6, 6.07) is 14.9. The monoisotopic (exact) mass is 473 g/mol. The second kappa shape index (κ2) is 9.44. The Morgan fingerprint density at radius 2 is 1.91 bits per heavy atom. The number of fused-ring (bicyclic) bond motifs is 4. The largest absolute Gasteiger partial charge is 0.497 e. The van der Waals surface area contributed by atoms with E-state index in [0.717, 1.165) is 53.9 Å². The molecular formula is C29H33N2O4+. The molecule has 6 nitrogen and oxygen atoms in total. The lowest BCUT2D eigenvalue weighted by atomic mass is 9.71. The Bertz CT molecular complexity index is 1240. The maximum atomic E-state index is 13.5. The highest BCUT2D eigenvalue weighted by Gasteiger charge is 2.54. The number of hydrogen-bond donors (Lipinski definition) is 1. The number of carbonyl (C=O) groups is 1. The van der Waals surface area contributed by atoms with Crippen molar-refractivity contribution >= 4 is 16.7 Å². The maximum Gasteiger partial charge on any atom is 0.216 e. The number of ketones is 1. The van der Waals surface area contributed by atoms with Crippen molar-refractivity contribution in [2.75, 3.05) is 33.9 Å². The van der Waals surface area contributed by atoms with Gasteiger partial charge in [-0.3, -0.25) is 9.78 Å². The number of piperidine rings is 3. The topological polar surface area (TPSA) is 68.7 Å². The molecule has 3 fully saturated rings. The van der Waals surface area contributed by atoms with Gasteiger partial charge in [0.1, 0.15) is 30.2 Å². The predicted octanol–water partition coefficient (Wildman–Crippen LogP) is 4.58. The summed E-state index contributed by atoms with van der Waals surface area (Å²) in [6.45, 7) is 6.15. The number of nitrogens with zero attached hydrogens (tertiary/aromatic N) is 2. The number of pyridine rings is 1. The van der Waals surface area contributed by atoms with Crippen LogP contribution in [0.15, 0.2) is 67.4 Å². The normalized spacial score (nSPS) is 26.3. The number of carbonyl (C=O) groups excluding carboxylic acids is 1. The quantitative estimate of drug-likeness (QED) is 0.295. The highest BCUT2D eigenvalue weighted by molar-refractivity contribution is 5.97. The van der Waals surface area contributed by atoms with E-state index >= 15 is 0 Å². The van der Waals surface area contributed by atoms with Gasteiger partial charge in [-0.1, -0.05) is 6.08 Å². The fourth-order valence-electron chi connectivity index (χ4n) is 6.27. The molecule has 3 aliphatic rings. The van der Waals surface area contributed by atoms with E-state index in [1.807, 2.05) is 54.6 Å². The molecule has 35 heavy (non-hydrogen) atoms. The Balaban J connectivity index is 1.51. The molecule has 3 aliphatic heterocycles. The lowest BCUT2D eigenvalue weighted by molar-refractivity contribution is -0.966. The fourth-order valence-corrected chi connectivity index (χ4v) is 6.27. The van der Waals surface area contributed by atoms with Crippen LogP contribution in [0.3, 0.4) is 0 Å². The summed E-state index contributed by atoms with van der Waals surface area (Å²) in [5.74, 6) is 2.38. The Morgan fingerprint density at radius 3 is 2.63 bits per heavy atom. The van der Waals surface area contributed by atoms with E-state index < -0.39 is 6.10 Å². The van der Waals surface area contributed by atoms with Crippen LogP contribution in [-0.2, 0) is 0 Å². The molecule has 0 aliphatic carbocycles. The van der Waals surface area contributed by atoms with Gasteiger partial charge in [0.05, 0.1) is 32.8 Å². The third-order valence-corrected chi connectivity index (χ3v) is 8.21. The van der Waals surface area contributed by atoms with E-state index in [9.17, 15) is 9.90 Å². The molecule has 5 atom stereocenters. The van der Waals surface area contributed by atoms with Crippen LogP contribution >= 0.6 is 0 Å². The first-order valence-corrected chi connectivity index (χ1v) is 12.2. The van der Waals surface area contributed by atoms with Crippen molar-refractivity contribution in [3.8, 4) is 11.5 Å². The molecule has 0 saturated carbocycles. The van der Waals surface area contributed by atoms with Crippen LogP contribution in [0.25, 0.3) is 10.9 Å². The minimum absolute atomic E-state index is 0.0797. The van der Waals surface area contributed by atoms with Crippen LogP contribution in [-0.4, -0.2) is 60.3 Å². The first kappa shape index (κ1) is 23.5. The Labute approximate surface area is 206 Å². The molecule has 0 spiro atoms. The molecule has 0 amide bonds. The smallest absolute Gasteiger partial charge is 0.216 e. The molecule has 1 N–H and O–H groups in total. The van der Waals surface area contributed by atoms with Gasteiger partial charge in [-0.2, -0.15) is 0 Å². The molecule has 4 unspecified atom stereocenters. The average molecular weight is 474 g/mol. The lowest BCUT2D eigenvalue weighted by Gasteiger charge is -2.57. The second-order valence-corrected chi connectivity index (χ2v) is 9.91. The zero-order chi connectivity index (χ0) is 24.6. The third kappa shape index (κ3) is 4.21. The van der Waals surface area contributed by atoms with E-state index in [1.54, 1.807) is 20.4 Å². The fraction of sp³-hybridized carbons (Fsp3) is 0.379. The van der Waals surface area contributed by atoms with Crippen molar-refractivity contribution in [3.63, 3.8) is 0 Å². The van der Waals surface area contributed by atoms with Gasteiger partial charge in [0.2, 0.25) is 5.78 Å². The number of aliphatic hydroxyl groups is 1. The summed E-state index contributed by atoms with van der Waals surface area (Å²) in [5, 5.41) is 12.8. The predicted molar refractivity (Wildman–Crippen MR) is 136 cm³/mol. The van der Waals surface area contributed by atoms with Crippen LogP contribution in [0.5, 0.6) is 11.5 Å². The number of ether oxygens (including phenoxy) is 2. The zero-order valence-electron chi connectivity index (χ0n) is 20.4. The van der Waals surface area contributed by atoms with Gasteiger partial charge >= 0.3 is 0 Å². The van der Waals surface area contributed by atoms with Crippen LogP contribution in [0.4, 0.5) is 0 Å². The minimum atomic E-state index is -0.718. The third-order valence-electron chi connectivity index (χ3n) is 8.21. The molecule has 6 rings (SSSR count). The summed E-state index contributed by atoms with van der Waals surface area (Å²) in [4.78, 5) is 18.0. The Morgan fingerprint density at radius 1 is 1.17 bits per heavy atom. The molecule has 1 aromatic heterocycles. The molecule has 3 aromatic rings. The summed E-state index contributed by atoms with van der Waals surface area (Å²) in [5.41, 5.74) is 2.34. The van der Waals surface area contributed by atoms with Gasteiger partial charge in [-0.15, -0.1) is 6.58 Å². The van der Waals surface area contributed by atoms with E-state index in [4.69, 9.17) is 9.47 Å². The number of quaternary nitrogens is 1. The van der Waals surface area contributed by atoms with Gasteiger partial charge in [0, 0.05) is 35.9 Å². The van der Waals surface area contributed by atoms with Gasteiger partial charge in [0.25, 0.3) is 0 Å². The first-order chi connectivity index (χ1) is 17.0. The first-order valence-electron chi connectivity index (χ1n) is 12.2. The number of Topliss-reactive ketones (excluding diaryl/α,β-unsaturated/α-hetero) is 1. The van der Waals surface area contributed by atoms with Crippen LogP contribution < -0.4 is 9.47 Å². The highest BCUT2D eigenvalue weighted by Crippen LogP contribution is 2.47. The lowest BCUT2D eigenvalue weighted by Crippen LogP contribution is -2.69. The van der Waals surface area contributed by atoms with Crippen molar-refractivity contribution in [1.82, 2.24) is 4.98 Å². The van der Waals surface area contributed by atoms with Gasteiger partial charge in [0.15, 0.2) is 0 Å². The highest BCUT2D eigenvalue weighted by atomic mass is 16.5. The van der Waals surface area contributed by atoms with Gasteiger partial charge in [-0.25, -0.2) is 0 Å². The Hall–Kier alpha value is -3.22. The maximum absolute atomic E-state index is 13.5. The molecule has 2 aromatic carbocycles. The summed E-state index contributed by atoms with van der Waals surface area (Å²) in [6.07, 6.45) is 4.99. The number of rotatable bonds is 8. The van der Waals surface area contributed by atoms with Crippen molar-refractivity contribution in [3.05, 3.63) is 78.5 Å². The van der Waals surface area contributed by atoms with Crippen molar-refractivity contribution in [2.45, 2.75) is 25.0 Å². The number of hydrogen-bond acceptors (Lipinski definition) is 5. The van der Waals surface area contributed by atoms with Crippen LogP contribution in [0.2, 0.25) is 0 Å². The van der Waals surface area contributed by atoms with E-state index in [1.165, 1.54) is 0 Å². The van der Waals surface area contributed by atoms with E-state index in [0.29, 0.717) is 28.4 Å². The van der Waals surface area contributed by atoms with E-state index in [2.05, 4.69) is 11.6 Å². The number of aromatic nitrogens is 1. The van der Waals surface area contributed by atoms with Crippen LogP contribution in [0.1, 0.15) is 34.9 Å². The SMILES string of the molecule is C=CC1C[N+]2(CC(=O)c3ccc(OC)cc3)CCC1CC2[C@H](O)c1ccnc2ccc(OC)cc12. The van der Waals surface area contributed by atoms with Crippen molar-refractivity contribution in [1.29, 1.82) is 0 Å². The van der Waals surface area contributed by atoms with Crippen molar-refractivity contribution in [2.24, 2.45) is 11.8 Å². The zero-order valence-corrected chi connectivity index (χ0v) is 20.4. The molecular weight excluding hydrogens is 440 g/mol. The van der Waals surface area contributed by atoms with Crippen LogP contribution in [0, 0.1) is 11.8 Å². The van der Waals surface area contributed by atoms with Crippen molar-refractivity contribution < 1.29 is 23.9 Å². The standard InChI is InChI=1S/C29H33N2O4/c1-4-19-17-31(18-28(32)20-5-7-22(34-2)8-6-20)14-12-21(19)15-27(31)29(33)24-11-13-30-26-10-9-23(35-3)16-25(24)26/h4-11,13,16,19,21,27,29,33H,1,12,14-15,17-18H2,2-3H3/q+1/t19?,21?,27?,29-,31?/m1/s1. The molecule has 4 heterocycles. The number of aliphatic hydroxyl groups excluding tert-OH is 1. The summed E-state index contributed by atoms with van der Waals surface area (Å²) < 4.78 is 11.3. The number of methoxy groups -OCH3 is 2.